The largest absolute Gasteiger partial charge is 0.508 e. The minimum Gasteiger partial charge on any atom is -0.508 e. The van der Waals surface area contributed by atoms with Crippen molar-refractivity contribution >= 4 is 16.9 Å². The van der Waals surface area contributed by atoms with Crippen LogP contribution in [0.4, 0.5) is 0 Å². The van der Waals surface area contributed by atoms with Gasteiger partial charge in [0.1, 0.15) is 64.5 Å². The molecule has 5 rings (SSSR count). The molecule has 3 aromatic rings. The van der Waals surface area contributed by atoms with E-state index >= 15 is 0 Å². The summed E-state index contributed by atoms with van der Waals surface area (Å²) < 4.78 is 27.9. The van der Waals surface area contributed by atoms with Crippen molar-refractivity contribution in [3.05, 3.63) is 52.7 Å². The Hall–Kier alpha value is -3.80. The molecular weight excluding hydrogens is 564 g/mol. The van der Waals surface area contributed by atoms with Crippen molar-refractivity contribution < 1.29 is 69.0 Å². The highest BCUT2D eigenvalue weighted by Crippen LogP contribution is 2.35. The predicted molar refractivity (Wildman–Crippen MR) is 137 cm³/mol. The van der Waals surface area contributed by atoms with Gasteiger partial charge in [-0.3, -0.25) is 4.79 Å². The molecule has 0 unspecified atom stereocenters. The van der Waals surface area contributed by atoms with Crippen molar-refractivity contribution in [2.24, 2.45) is 0 Å². The SMILES string of the molecule is C[C@@H]1O[C@@H](O[C@H]2[C@H](Oc3cc(O)c4c(=O)cc(-c5ccc(O)cc5)oc4c3)O[C@H](C(=O)O)[C@@H](O)[C@@H]2O)[C@H](O)[C@H](O)[C@H]1O. The van der Waals surface area contributed by atoms with Crippen molar-refractivity contribution in [1.82, 2.24) is 0 Å². The molecule has 42 heavy (non-hydrogen) atoms. The van der Waals surface area contributed by atoms with Crippen LogP contribution in [-0.4, -0.2) is 108 Å². The van der Waals surface area contributed by atoms with E-state index in [0.29, 0.717) is 5.56 Å². The number of aliphatic hydroxyl groups is 5. The number of phenolic OH excluding ortho intramolecular Hbond substituents is 2. The van der Waals surface area contributed by atoms with E-state index in [1.165, 1.54) is 37.3 Å². The third-order valence-corrected chi connectivity index (χ3v) is 7.08. The maximum Gasteiger partial charge on any atom is 0.335 e. The second-order valence-electron chi connectivity index (χ2n) is 9.98. The number of benzene rings is 2. The Kier molecular flexibility index (Phi) is 8.10. The molecule has 0 aliphatic carbocycles. The lowest BCUT2D eigenvalue weighted by atomic mass is 9.97. The quantitative estimate of drug-likeness (QED) is 0.171. The smallest absolute Gasteiger partial charge is 0.335 e. The van der Waals surface area contributed by atoms with Crippen LogP contribution in [0.5, 0.6) is 17.2 Å². The van der Waals surface area contributed by atoms with E-state index < -0.39 is 78.6 Å². The van der Waals surface area contributed by atoms with Crippen molar-refractivity contribution in [2.45, 2.75) is 68.3 Å². The van der Waals surface area contributed by atoms with Crippen LogP contribution in [0.25, 0.3) is 22.3 Å². The zero-order valence-corrected chi connectivity index (χ0v) is 21.8. The Morgan fingerprint density at radius 3 is 2.19 bits per heavy atom. The second kappa shape index (κ2) is 11.5. The highest BCUT2D eigenvalue weighted by Gasteiger charge is 2.52. The molecule has 2 aliphatic heterocycles. The van der Waals surface area contributed by atoms with E-state index in [1.54, 1.807) is 0 Å². The second-order valence-corrected chi connectivity index (χ2v) is 9.98. The zero-order valence-electron chi connectivity index (χ0n) is 21.8. The molecule has 0 radical (unpaired) electrons. The molecule has 2 saturated heterocycles. The summed E-state index contributed by atoms with van der Waals surface area (Å²) in [5.41, 5.74) is -0.335. The number of aromatic hydroxyl groups is 2. The summed E-state index contributed by atoms with van der Waals surface area (Å²) >= 11 is 0. The number of ether oxygens (including phenoxy) is 4. The van der Waals surface area contributed by atoms with Gasteiger partial charge in [-0.15, -0.1) is 0 Å². The summed E-state index contributed by atoms with van der Waals surface area (Å²) in [6, 6.07) is 9.07. The molecule has 1 aromatic heterocycles. The number of rotatable bonds is 6. The fourth-order valence-electron chi connectivity index (χ4n) is 4.77. The first-order valence-corrected chi connectivity index (χ1v) is 12.7. The monoisotopic (exact) mass is 592 g/mol. The highest BCUT2D eigenvalue weighted by molar-refractivity contribution is 5.86. The molecule has 0 bridgehead atoms. The van der Waals surface area contributed by atoms with E-state index in [2.05, 4.69) is 0 Å². The first kappa shape index (κ1) is 29.7. The van der Waals surface area contributed by atoms with Gasteiger partial charge >= 0.3 is 5.97 Å². The van der Waals surface area contributed by atoms with Gasteiger partial charge in [-0.25, -0.2) is 4.79 Å². The summed E-state index contributed by atoms with van der Waals surface area (Å²) in [4.78, 5) is 24.5. The first-order chi connectivity index (χ1) is 19.8. The van der Waals surface area contributed by atoms with Gasteiger partial charge in [-0.2, -0.15) is 0 Å². The molecule has 0 saturated carbocycles. The first-order valence-electron chi connectivity index (χ1n) is 12.7. The van der Waals surface area contributed by atoms with E-state index in [0.717, 1.165) is 12.1 Å². The summed E-state index contributed by atoms with van der Waals surface area (Å²) in [7, 11) is 0. The topological polar surface area (TPSA) is 246 Å². The fourth-order valence-corrected chi connectivity index (χ4v) is 4.77. The third kappa shape index (κ3) is 5.51. The predicted octanol–water partition coefficient (Wildman–Crippen LogP) is -1.01. The van der Waals surface area contributed by atoms with Gasteiger partial charge in [0.05, 0.1) is 6.10 Å². The van der Waals surface area contributed by atoms with Crippen LogP contribution in [0, 0.1) is 0 Å². The lowest BCUT2D eigenvalue weighted by Gasteiger charge is -2.45. The van der Waals surface area contributed by atoms with Crippen LogP contribution < -0.4 is 10.2 Å². The number of hydrogen-bond acceptors (Lipinski definition) is 14. The maximum absolute atomic E-state index is 12.8. The van der Waals surface area contributed by atoms with Crippen LogP contribution >= 0.6 is 0 Å². The van der Waals surface area contributed by atoms with Crippen molar-refractivity contribution in [3.8, 4) is 28.6 Å². The van der Waals surface area contributed by atoms with Gasteiger partial charge in [-0.1, -0.05) is 0 Å². The fraction of sp³-hybridized carbons (Fsp3) is 0.407. The number of phenols is 2. The summed E-state index contributed by atoms with van der Waals surface area (Å²) in [6.07, 6.45) is -17.3. The van der Waals surface area contributed by atoms with Crippen molar-refractivity contribution in [2.75, 3.05) is 0 Å². The van der Waals surface area contributed by atoms with E-state index in [1.807, 2.05) is 0 Å². The van der Waals surface area contributed by atoms with E-state index in [4.69, 9.17) is 23.4 Å². The highest BCUT2D eigenvalue weighted by atomic mass is 16.8. The molecule has 15 nitrogen and oxygen atoms in total. The number of aliphatic hydroxyl groups excluding tert-OH is 5. The third-order valence-electron chi connectivity index (χ3n) is 7.08. The summed E-state index contributed by atoms with van der Waals surface area (Å²) in [5.74, 6) is -2.40. The van der Waals surface area contributed by atoms with Crippen LogP contribution in [0.3, 0.4) is 0 Å². The molecule has 15 heteroatoms. The number of hydrogen-bond donors (Lipinski definition) is 8. The Morgan fingerprint density at radius 2 is 1.52 bits per heavy atom. The average Bonchev–Trinajstić information content (AvgIpc) is 2.93. The van der Waals surface area contributed by atoms with Gasteiger partial charge in [0, 0.05) is 23.8 Å². The minimum atomic E-state index is -2.03. The van der Waals surface area contributed by atoms with Crippen molar-refractivity contribution in [1.29, 1.82) is 0 Å². The molecular formula is C27H28O15. The Morgan fingerprint density at radius 1 is 0.833 bits per heavy atom. The molecule has 0 spiro atoms. The van der Waals surface area contributed by atoms with E-state index in [9.17, 15) is 50.4 Å². The summed E-state index contributed by atoms with van der Waals surface area (Å²) in [6.45, 7) is 1.38. The van der Waals surface area contributed by atoms with Gasteiger partial charge in [-0.05, 0) is 31.2 Å². The minimum absolute atomic E-state index is 0.0160. The van der Waals surface area contributed by atoms with Gasteiger partial charge in [0.25, 0.3) is 0 Å². The lowest BCUT2D eigenvalue weighted by molar-refractivity contribution is -0.351. The molecule has 2 aliphatic rings. The number of fused-ring (bicyclic) bond motifs is 1. The van der Waals surface area contributed by atoms with Gasteiger partial charge in [0.15, 0.2) is 23.9 Å². The Labute approximate surface area is 235 Å². The normalized spacial score (nSPS) is 33.4. The maximum atomic E-state index is 12.8. The lowest BCUT2D eigenvalue weighted by Crippen LogP contribution is -2.65. The van der Waals surface area contributed by atoms with E-state index in [-0.39, 0.29) is 28.2 Å². The summed E-state index contributed by atoms with van der Waals surface area (Å²) in [5, 5.41) is 81.1. The van der Waals surface area contributed by atoms with Crippen LogP contribution in [-0.2, 0) is 19.0 Å². The van der Waals surface area contributed by atoms with Crippen molar-refractivity contribution in [3.63, 3.8) is 0 Å². The average molecular weight is 593 g/mol. The van der Waals surface area contributed by atoms with Gasteiger partial charge in [0.2, 0.25) is 6.29 Å². The Balaban J connectivity index is 1.49. The zero-order chi connectivity index (χ0) is 30.5. The molecule has 10 atom stereocenters. The van der Waals surface area contributed by atoms with Gasteiger partial charge < -0.3 is 64.2 Å². The number of aliphatic carboxylic acids is 1. The van der Waals surface area contributed by atoms with Crippen LogP contribution in [0.15, 0.2) is 51.7 Å². The molecule has 8 N–H and O–H groups in total. The number of carboxylic acid groups (broad SMARTS) is 1. The molecule has 0 amide bonds. The molecule has 226 valence electrons. The van der Waals surface area contributed by atoms with Crippen LogP contribution in [0.2, 0.25) is 0 Å². The standard InChI is InChI=1S/C27H28O15/c1-9-18(31)19(32)22(35)26(38-9)42-24-21(34)20(33)23(25(36)37)41-27(24)39-12-6-13(29)17-14(30)8-15(40-16(17)7-12)10-2-4-11(28)5-3-10/h2-9,18-24,26-29,31-35H,1H3,(H,36,37)/t9-,18-,19+,20-,21-,22+,23-,24+,26-,27+/m0/s1. The molecule has 2 aromatic carbocycles. The number of carboxylic acids is 1. The molecule has 3 heterocycles. The molecule has 2 fully saturated rings. The number of carbonyl (C=O) groups is 1. The Bertz CT molecular complexity index is 1500. The van der Waals surface area contributed by atoms with Crippen LogP contribution in [0.1, 0.15) is 6.92 Å².